The second-order valence-electron chi connectivity index (χ2n) is 4.96. The largest absolute Gasteiger partial charge is 0.392 e. The number of carbonyl (C=O) groups excluding carboxylic acids is 1. The number of hydrogen-bond donors (Lipinski definition) is 1. The lowest BCUT2D eigenvalue weighted by Crippen LogP contribution is -2.30. The number of carbonyl (C=O) groups is 1. The van der Waals surface area contributed by atoms with Gasteiger partial charge < -0.3 is 19.4 Å². The molecule has 3 aliphatic rings. The highest BCUT2D eigenvalue weighted by atomic mass is 16.7. The van der Waals surface area contributed by atoms with Crippen LogP contribution < -0.4 is 0 Å². The van der Waals surface area contributed by atoms with Gasteiger partial charge in [0.05, 0.1) is 19.3 Å². The van der Waals surface area contributed by atoms with Crippen molar-refractivity contribution in [2.24, 2.45) is 17.8 Å². The predicted molar refractivity (Wildman–Crippen MR) is 51.0 cm³/mol. The van der Waals surface area contributed by atoms with Gasteiger partial charge in [0.25, 0.3) is 0 Å². The Labute approximate surface area is 88.6 Å². The van der Waals surface area contributed by atoms with Gasteiger partial charge in [0.2, 0.25) is 0 Å². The lowest BCUT2D eigenvalue weighted by molar-refractivity contribution is -0.158. The van der Waals surface area contributed by atoms with E-state index in [2.05, 4.69) is 0 Å². The molecule has 1 spiro atoms. The summed E-state index contributed by atoms with van der Waals surface area (Å²) >= 11 is 0. The lowest BCUT2D eigenvalue weighted by atomic mass is 9.92. The zero-order chi connectivity index (χ0) is 10.5. The van der Waals surface area contributed by atoms with E-state index in [1.54, 1.807) is 0 Å². The molecule has 2 aliphatic carbocycles. The first-order valence-electron chi connectivity index (χ1n) is 5.65. The molecule has 0 bridgehead atoms. The first-order valence-corrected chi connectivity index (χ1v) is 5.65. The number of aliphatic hydroxyl groups is 1. The van der Waals surface area contributed by atoms with Gasteiger partial charge in [-0.05, 0) is 18.3 Å². The van der Waals surface area contributed by atoms with Crippen molar-refractivity contribution >= 4 is 6.29 Å². The maximum absolute atomic E-state index is 10.9. The normalized spacial score (nSPS) is 47.3. The van der Waals surface area contributed by atoms with Gasteiger partial charge in [-0.15, -0.1) is 0 Å². The highest BCUT2D eigenvalue weighted by molar-refractivity contribution is 5.56. The molecule has 1 N–H and O–H groups in total. The Hall–Kier alpha value is -0.450. The Kier molecular flexibility index (Phi) is 2.13. The Morgan fingerprint density at radius 3 is 2.67 bits per heavy atom. The van der Waals surface area contributed by atoms with Gasteiger partial charge in [0.15, 0.2) is 5.79 Å². The summed E-state index contributed by atoms with van der Waals surface area (Å²) in [5.74, 6) is 0.0302. The molecule has 2 unspecified atom stereocenters. The van der Waals surface area contributed by atoms with Crippen LogP contribution in [0.4, 0.5) is 0 Å². The van der Waals surface area contributed by atoms with E-state index in [1.807, 2.05) is 0 Å². The number of ether oxygens (including phenoxy) is 2. The number of hydrogen-bond acceptors (Lipinski definition) is 4. The quantitative estimate of drug-likeness (QED) is 0.637. The maximum atomic E-state index is 10.9. The number of rotatable bonds is 1. The van der Waals surface area contributed by atoms with Crippen LogP contribution in [0.15, 0.2) is 0 Å². The molecule has 4 heteroatoms. The van der Waals surface area contributed by atoms with Crippen LogP contribution in [-0.2, 0) is 14.3 Å². The number of aliphatic hydroxyl groups excluding tert-OH is 1. The molecule has 3 rings (SSSR count). The Morgan fingerprint density at radius 2 is 2.00 bits per heavy atom. The highest BCUT2D eigenvalue weighted by Crippen LogP contribution is 2.53. The van der Waals surface area contributed by atoms with E-state index in [0.717, 1.165) is 25.5 Å². The molecule has 0 amide bonds. The van der Waals surface area contributed by atoms with Crippen LogP contribution >= 0.6 is 0 Å². The summed E-state index contributed by atoms with van der Waals surface area (Å²) < 4.78 is 11.3. The monoisotopic (exact) mass is 212 g/mol. The van der Waals surface area contributed by atoms with Gasteiger partial charge in [-0.1, -0.05) is 0 Å². The molecular weight excluding hydrogens is 196 g/mol. The average molecular weight is 212 g/mol. The van der Waals surface area contributed by atoms with E-state index < -0.39 is 11.9 Å². The van der Waals surface area contributed by atoms with Crippen LogP contribution in [0.1, 0.15) is 19.3 Å². The summed E-state index contributed by atoms with van der Waals surface area (Å²) in [6.07, 6.45) is 2.81. The highest BCUT2D eigenvalue weighted by Gasteiger charge is 2.56. The lowest BCUT2D eigenvalue weighted by Gasteiger charge is -2.24. The van der Waals surface area contributed by atoms with Crippen molar-refractivity contribution in [2.45, 2.75) is 31.2 Å². The van der Waals surface area contributed by atoms with Crippen LogP contribution in [0.2, 0.25) is 0 Å². The van der Waals surface area contributed by atoms with Crippen LogP contribution in [0, 0.1) is 17.8 Å². The Bertz CT molecular complexity index is 272. The summed E-state index contributed by atoms with van der Waals surface area (Å²) in [4.78, 5) is 10.9. The fraction of sp³-hybridized carbons (Fsp3) is 0.909. The molecule has 0 aromatic rings. The van der Waals surface area contributed by atoms with E-state index in [-0.39, 0.29) is 11.8 Å². The van der Waals surface area contributed by atoms with Crippen molar-refractivity contribution in [3.8, 4) is 0 Å². The van der Waals surface area contributed by atoms with Crippen molar-refractivity contribution in [1.29, 1.82) is 0 Å². The van der Waals surface area contributed by atoms with Gasteiger partial charge in [-0.3, -0.25) is 0 Å². The van der Waals surface area contributed by atoms with Crippen LogP contribution in [0.3, 0.4) is 0 Å². The molecule has 0 aromatic carbocycles. The van der Waals surface area contributed by atoms with Gasteiger partial charge in [0, 0.05) is 18.8 Å². The summed E-state index contributed by atoms with van der Waals surface area (Å²) in [6.45, 7) is 1.32. The molecule has 1 saturated heterocycles. The maximum Gasteiger partial charge on any atom is 0.169 e. The van der Waals surface area contributed by atoms with Gasteiger partial charge in [0.1, 0.15) is 6.29 Å². The second-order valence-corrected chi connectivity index (χ2v) is 4.96. The van der Waals surface area contributed by atoms with Crippen molar-refractivity contribution < 1.29 is 19.4 Å². The van der Waals surface area contributed by atoms with E-state index in [0.29, 0.717) is 19.1 Å². The van der Waals surface area contributed by atoms with E-state index in [4.69, 9.17) is 9.47 Å². The van der Waals surface area contributed by atoms with Gasteiger partial charge >= 0.3 is 0 Å². The summed E-state index contributed by atoms with van der Waals surface area (Å²) in [5, 5.41) is 9.71. The zero-order valence-corrected chi connectivity index (χ0v) is 8.59. The number of fused-ring (bicyclic) bond motifs is 1. The van der Waals surface area contributed by atoms with Crippen molar-refractivity contribution in [3.63, 3.8) is 0 Å². The van der Waals surface area contributed by atoms with Crippen LogP contribution in [0.5, 0.6) is 0 Å². The fourth-order valence-corrected chi connectivity index (χ4v) is 3.55. The molecule has 1 aliphatic heterocycles. The smallest absolute Gasteiger partial charge is 0.169 e. The third kappa shape index (κ3) is 1.35. The van der Waals surface area contributed by atoms with E-state index in [1.165, 1.54) is 0 Å². The first-order chi connectivity index (χ1) is 7.24. The zero-order valence-electron chi connectivity index (χ0n) is 8.59. The Balaban J connectivity index is 1.79. The molecule has 0 radical (unpaired) electrons. The van der Waals surface area contributed by atoms with Gasteiger partial charge in [-0.25, -0.2) is 0 Å². The van der Waals surface area contributed by atoms with E-state index in [9.17, 15) is 9.90 Å². The average Bonchev–Trinajstić information content (AvgIpc) is 2.83. The molecule has 15 heavy (non-hydrogen) atoms. The molecule has 4 nitrogen and oxygen atoms in total. The Morgan fingerprint density at radius 1 is 1.27 bits per heavy atom. The van der Waals surface area contributed by atoms with Crippen LogP contribution in [0.25, 0.3) is 0 Å². The SMILES string of the molecule is O=CC1C(O)C[C@H]2CC3(C[C@@H]12)OCCO3. The standard InChI is InChI=1S/C11H16O4/c12-6-9-8-5-11(14-1-2-15-11)4-7(8)3-10(9)13/h6-10,13H,1-5H2/t7-,8+,9?,10?/m0/s1. The molecule has 1 heterocycles. The summed E-state index contributed by atoms with van der Waals surface area (Å²) in [6, 6.07) is 0. The second kappa shape index (κ2) is 3.27. The molecule has 84 valence electrons. The van der Waals surface area contributed by atoms with Crippen LogP contribution in [-0.4, -0.2) is 36.5 Å². The predicted octanol–water partition coefficient (Wildman–Crippen LogP) is 0.335. The molecular formula is C11H16O4. The first kappa shape index (κ1) is 9.75. The summed E-state index contributed by atoms with van der Waals surface area (Å²) in [7, 11) is 0. The molecule has 4 atom stereocenters. The fourth-order valence-electron chi connectivity index (χ4n) is 3.55. The molecule has 0 aromatic heterocycles. The van der Waals surface area contributed by atoms with E-state index >= 15 is 0 Å². The topological polar surface area (TPSA) is 55.8 Å². The molecule has 2 saturated carbocycles. The third-order valence-corrected chi connectivity index (χ3v) is 4.18. The van der Waals surface area contributed by atoms with Crippen molar-refractivity contribution in [3.05, 3.63) is 0 Å². The summed E-state index contributed by atoms with van der Waals surface area (Å²) in [5.41, 5.74) is 0. The van der Waals surface area contributed by atoms with Crippen molar-refractivity contribution in [1.82, 2.24) is 0 Å². The van der Waals surface area contributed by atoms with Crippen molar-refractivity contribution in [2.75, 3.05) is 13.2 Å². The minimum absolute atomic E-state index is 0.206. The minimum atomic E-state index is -0.448. The number of aldehydes is 1. The minimum Gasteiger partial charge on any atom is -0.392 e. The molecule has 3 fully saturated rings. The van der Waals surface area contributed by atoms with Gasteiger partial charge in [-0.2, -0.15) is 0 Å². The third-order valence-electron chi connectivity index (χ3n) is 4.18.